The van der Waals surface area contributed by atoms with Gasteiger partial charge in [0.1, 0.15) is 11.9 Å². The number of rotatable bonds is 2. The Morgan fingerprint density at radius 1 is 1.59 bits per heavy atom. The quantitative estimate of drug-likeness (QED) is 0.765. The molecule has 4 nitrogen and oxygen atoms in total. The van der Waals surface area contributed by atoms with Crippen LogP contribution in [0.5, 0.6) is 0 Å². The number of halogens is 1. The predicted octanol–water partition coefficient (Wildman–Crippen LogP) is 2.71. The summed E-state index contributed by atoms with van der Waals surface area (Å²) in [6.45, 7) is 4.10. The van der Waals surface area contributed by atoms with Crippen molar-refractivity contribution in [3.05, 3.63) is 16.7 Å². The lowest BCUT2D eigenvalue weighted by molar-refractivity contribution is -0.145. The third kappa shape index (κ3) is 2.06. The van der Waals surface area contributed by atoms with E-state index in [9.17, 15) is 4.79 Å². The summed E-state index contributed by atoms with van der Waals surface area (Å²) in [6.07, 6.45) is 2.63. The van der Waals surface area contributed by atoms with E-state index < -0.39 is 0 Å². The second-order valence-electron chi connectivity index (χ2n) is 4.66. The Bertz CT molecular complexity index is 440. The topological polar surface area (TPSA) is 44.1 Å². The smallest absolute Gasteiger partial charge is 0.328 e. The SMILES string of the molecule is COC(=O)C1CCCc2c(Cl)nc(C(C)C)n21. The van der Waals surface area contributed by atoms with E-state index in [0.29, 0.717) is 5.15 Å². The van der Waals surface area contributed by atoms with Crippen LogP contribution >= 0.6 is 11.6 Å². The summed E-state index contributed by atoms with van der Waals surface area (Å²) >= 11 is 6.14. The molecule has 1 aromatic rings. The van der Waals surface area contributed by atoms with Crippen LogP contribution in [-0.2, 0) is 16.0 Å². The zero-order chi connectivity index (χ0) is 12.6. The van der Waals surface area contributed by atoms with E-state index in [0.717, 1.165) is 30.8 Å². The lowest BCUT2D eigenvalue weighted by Crippen LogP contribution is -2.27. The van der Waals surface area contributed by atoms with Crippen molar-refractivity contribution in [2.24, 2.45) is 0 Å². The third-order valence-corrected chi connectivity index (χ3v) is 3.48. The van der Waals surface area contributed by atoms with E-state index in [4.69, 9.17) is 16.3 Å². The van der Waals surface area contributed by atoms with Crippen LogP contribution in [0.4, 0.5) is 0 Å². The van der Waals surface area contributed by atoms with Crippen molar-refractivity contribution in [3.63, 3.8) is 0 Å². The highest BCUT2D eigenvalue weighted by Crippen LogP contribution is 2.34. The molecule has 2 heterocycles. The summed E-state index contributed by atoms with van der Waals surface area (Å²) in [7, 11) is 1.42. The first-order valence-corrected chi connectivity index (χ1v) is 6.28. The molecule has 94 valence electrons. The highest BCUT2D eigenvalue weighted by atomic mass is 35.5. The standard InChI is InChI=1S/C12H17ClN2O2/c1-7(2)11-14-10(13)8-5-4-6-9(15(8)11)12(16)17-3/h7,9H,4-6H2,1-3H3. The average molecular weight is 257 g/mol. The van der Waals surface area contributed by atoms with Crippen molar-refractivity contribution in [2.75, 3.05) is 7.11 Å². The summed E-state index contributed by atoms with van der Waals surface area (Å²) in [6, 6.07) is -0.263. The second-order valence-corrected chi connectivity index (χ2v) is 5.02. The van der Waals surface area contributed by atoms with Crippen molar-refractivity contribution in [2.45, 2.75) is 45.1 Å². The molecule has 0 bridgehead atoms. The first-order chi connectivity index (χ1) is 8.06. The molecule has 5 heteroatoms. The number of imidazole rings is 1. The fourth-order valence-electron chi connectivity index (χ4n) is 2.39. The molecule has 1 atom stereocenters. The van der Waals surface area contributed by atoms with Gasteiger partial charge in [0.2, 0.25) is 0 Å². The molecule has 0 aromatic carbocycles. The van der Waals surface area contributed by atoms with E-state index in [1.807, 2.05) is 4.57 Å². The first-order valence-electron chi connectivity index (χ1n) is 5.90. The average Bonchev–Trinajstić information content (AvgIpc) is 2.66. The molecule has 0 aliphatic carbocycles. The molecule has 1 aliphatic rings. The van der Waals surface area contributed by atoms with Crippen LogP contribution in [0.2, 0.25) is 5.15 Å². The largest absolute Gasteiger partial charge is 0.467 e. The zero-order valence-corrected chi connectivity index (χ0v) is 11.1. The van der Waals surface area contributed by atoms with Crippen molar-refractivity contribution in [1.29, 1.82) is 0 Å². The van der Waals surface area contributed by atoms with Crippen LogP contribution in [0.15, 0.2) is 0 Å². The van der Waals surface area contributed by atoms with E-state index in [1.165, 1.54) is 7.11 Å². The number of carbonyl (C=O) groups excluding carboxylic acids is 1. The number of hydrogen-bond donors (Lipinski definition) is 0. The predicted molar refractivity (Wildman–Crippen MR) is 65.3 cm³/mol. The molecule has 0 amide bonds. The summed E-state index contributed by atoms with van der Waals surface area (Å²) < 4.78 is 6.83. The minimum absolute atomic E-state index is 0.207. The summed E-state index contributed by atoms with van der Waals surface area (Å²) in [5, 5.41) is 0.530. The molecule has 17 heavy (non-hydrogen) atoms. The molecule has 0 saturated heterocycles. The van der Waals surface area contributed by atoms with Gasteiger partial charge in [0.15, 0.2) is 5.15 Å². The highest BCUT2D eigenvalue weighted by Gasteiger charge is 2.32. The molecule has 0 N–H and O–H groups in total. The Labute approximate surface area is 106 Å². The molecule has 0 radical (unpaired) electrons. The van der Waals surface area contributed by atoms with Gasteiger partial charge in [0, 0.05) is 5.92 Å². The summed E-state index contributed by atoms with van der Waals surface area (Å²) in [4.78, 5) is 16.2. The van der Waals surface area contributed by atoms with Crippen LogP contribution in [0.3, 0.4) is 0 Å². The number of carbonyl (C=O) groups is 1. The maximum Gasteiger partial charge on any atom is 0.328 e. The van der Waals surface area contributed by atoms with Crippen molar-refractivity contribution >= 4 is 17.6 Å². The molecule has 1 aromatic heterocycles. The zero-order valence-electron chi connectivity index (χ0n) is 10.4. The monoisotopic (exact) mass is 256 g/mol. The maximum absolute atomic E-state index is 11.8. The van der Waals surface area contributed by atoms with Gasteiger partial charge in [-0.1, -0.05) is 25.4 Å². The Balaban J connectivity index is 2.51. The van der Waals surface area contributed by atoms with Crippen LogP contribution < -0.4 is 0 Å². The van der Waals surface area contributed by atoms with Crippen LogP contribution in [0.1, 0.15) is 50.2 Å². The van der Waals surface area contributed by atoms with Gasteiger partial charge in [0.25, 0.3) is 0 Å². The first kappa shape index (κ1) is 12.4. The number of esters is 1. The van der Waals surface area contributed by atoms with Gasteiger partial charge in [-0.2, -0.15) is 0 Å². The number of methoxy groups -OCH3 is 1. The molecule has 0 fully saturated rings. The van der Waals surface area contributed by atoms with E-state index in [1.54, 1.807) is 0 Å². The van der Waals surface area contributed by atoms with Gasteiger partial charge < -0.3 is 9.30 Å². The molecule has 1 unspecified atom stereocenters. The van der Waals surface area contributed by atoms with Gasteiger partial charge in [-0.25, -0.2) is 9.78 Å². The van der Waals surface area contributed by atoms with E-state index in [-0.39, 0.29) is 17.9 Å². The molecular formula is C12H17ClN2O2. The number of hydrogen-bond acceptors (Lipinski definition) is 3. The van der Waals surface area contributed by atoms with Crippen LogP contribution in [0.25, 0.3) is 0 Å². The summed E-state index contributed by atoms with van der Waals surface area (Å²) in [5.41, 5.74) is 0.969. The van der Waals surface area contributed by atoms with E-state index in [2.05, 4.69) is 18.8 Å². The minimum atomic E-state index is -0.263. The van der Waals surface area contributed by atoms with Crippen molar-refractivity contribution in [3.8, 4) is 0 Å². The molecule has 0 saturated carbocycles. The number of fused-ring (bicyclic) bond motifs is 1. The fourth-order valence-corrected chi connectivity index (χ4v) is 2.66. The lowest BCUT2D eigenvalue weighted by atomic mass is 10.0. The molecule has 1 aliphatic heterocycles. The van der Waals surface area contributed by atoms with E-state index >= 15 is 0 Å². The normalized spacial score (nSPS) is 19.2. The maximum atomic E-state index is 11.8. The number of aromatic nitrogens is 2. The van der Waals surface area contributed by atoms with Crippen LogP contribution in [-0.4, -0.2) is 22.6 Å². The Kier molecular flexibility index (Phi) is 3.43. The Hall–Kier alpha value is -1.03. The minimum Gasteiger partial charge on any atom is -0.467 e. The number of nitrogens with zero attached hydrogens (tertiary/aromatic N) is 2. The highest BCUT2D eigenvalue weighted by molar-refractivity contribution is 6.30. The van der Waals surface area contributed by atoms with Crippen molar-refractivity contribution < 1.29 is 9.53 Å². The Morgan fingerprint density at radius 3 is 2.88 bits per heavy atom. The third-order valence-electron chi connectivity index (χ3n) is 3.18. The van der Waals surface area contributed by atoms with Gasteiger partial charge in [0.05, 0.1) is 12.8 Å². The van der Waals surface area contributed by atoms with Gasteiger partial charge in [-0.3, -0.25) is 0 Å². The van der Waals surface area contributed by atoms with Gasteiger partial charge >= 0.3 is 5.97 Å². The fraction of sp³-hybridized carbons (Fsp3) is 0.667. The van der Waals surface area contributed by atoms with Gasteiger partial charge in [-0.05, 0) is 19.3 Å². The molecular weight excluding hydrogens is 240 g/mol. The Morgan fingerprint density at radius 2 is 2.29 bits per heavy atom. The lowest BCUT2D eigenvalue weighted by Gasteiger charge is -2.26. The second kappa shape index (κ2) is 4.69. The molecule has 2 rings (SSSR count). The van der Waals surface area contributed by atoms with Gasteiger partial charge in [-0.15, -0.1) is 0 Å². The summed E-state index contributed by atoms with van der Waals surface area (Å²) in [5.74, 6) is 0.911. The van der Waals surface area contributed by atoms with Crippen LogP contribution in [0, 0.1) is 0 Å². The van der Waals surface area contributed by atoms with Crippen molar-refractivity contribution in [1.82, 2.24) is 9.55 Å². The molecule has 0 spiro atoms. The number of ether oxygens (including phenoxy) is 1.